The summed E-state index contributed by atoms with van der Waals surface area (Å²) < 4.78 is 23.2. The van der Waals surface area contributed by atoms with Gasteiger partial charge in [0.25, 0.3) is 0 Å². The summed E-state index contributed by atoms with van der Waals surface area (Å²) in [6, 6.07) is 0. The third kappa shape index (κ3) is 4.03. The summed E-state index contributed by atoms with van der Waals surface area (Å²) in [5.74, 6) is 0.229. The van der Waals surface area contributed by atoms with Crippen LogP contribution in [0.1, 0.15) is 33.6 Å². The quantitative estimate of drug-likeness (QED) is 0.795. The Morgan fingerprint density at radius 3 is 2.25 bits per heavy atom. The molecule has 1 fully saturated rings. The largest absolute Gasteiger partial charge is 0.390 e. The first kappa shape index (κ1) is 13.9. The summed E-state index contributed by atoms with van der Waals surface area (Å²) in [7, 11) is -2.93. The summed E-state index contributed by atoms with van der Waals surface area (Å²) in [5.41, 5.74) is -0.562. The maximum absolute atomic E-state index is 11.6. The average Bonchev–Trinajstić information content (AvgIpc) is 2.16. The fourth-order valence-electron chi connectivity index (χ4n) is 1.75. The minimum absolute atomic E-state index is 0.229. The van der Waals surface area contributed by atoms with Gasteiger partial charge in [0.1, 0.15) is 0 Å². The molecule has 0 spiro atoms. The van der Waals surface area contributed by atoms with Gasteiger partial charge >= 0.3 is 0 Å². The molecule has 96 valence electrons. The summed E-state index contributed by atoms with van der Waals surface area (Å²) in [6.07, 6.45) is 1.46. The fourth-order valence-corrected chi connectivity index (χ4v) is 2.73. The molecule has 0 aliphatic carbocycles. The van der Waals surface area contributed by atoms with E-state index in [9.17, 15) is 13.5 Å². The minimum atomic E-state index is -2.93. The number of rotatable bonds is 4. The molecule has 1 heterocycles. The standard InChI is InChI=1S/C11H23NO3S/c1-10(2)16(14,15)9-8-12-6-4-11(3,13)5-7-12/h10,13H,4-9H2,1-3H3. The molecule has 1 aliphatic heterocycles. The zero-order valence-electron chi connectivity index (χ0n) is 10.4. The van der Waals surface area contributed by atoms with E-state index in [2.05, 4.69) is 4.90 Å². The first-order chi connectivity index (χ1) is 7.23. The Hall–Kier alpha value is -0.130. The van der Waals surface area contributed by atoms with Crippen molar-refractivity contribution in [2.24, 2.45) is 0 Å². The van der Waals surface area contributed by atoms with Gasteiger partial charge in [-0.05, 0) is 33.6 Å². The van der Waals surface area contributed by atoms with E-state index in [1.807, 2.05) is 6.92 Å². The van der Waals surface area contributed by atoms with Crippen LogP contribution < -0.4 is 0 Å². The second-order valence-corrected chi connectivity index (χ2v) is 7.93. The van der Waals surface area contributed by atoms with Crippen molar-refractivity contribution >= 4 is 9.84 Å². The summed E-state index contributed by atoms with van der Waals surface area (Å²) >= 11 is 0. The molecule has 0 aromatic heterocycles. The predicted molar refractivity (Wildman–Crippen MR) is 65.2 cm³/mol. The lowest BCUT2D eigenvalue weighted by molar-refractivity contribution is -0.00373. The van der Waals surface area contributed by atoms with E-state index >= 15 is 0 Å². The first-order valence-electron chi connectivity index (χ1n) is 5.89. The molecule has 0 amide bonds. The van der Waals surface area contributed by atoms with Crippen molar-refractivity contribution in [1.82, 2.24) is 4.90 Å². The Morgan fingerprint density at radius 2 is 1.81 bits per heavy atom. The monoisotopic (exact) mass is 249 g/mol. The lowest BCUT2D eigenvalue weighted by Crippen LogP contribution is -2.44. The number of hydrogen-bond donors (Lipinski definition) is 1. The molecule has 0 radical (unpaired) electrons. The SMILES string of the molecule is CC(C)S(=O)(=O)CCN1CCC(C)(O)CC1. The second-order valence-electron chi connectivity index (χ2n) is 5.25. The normalized spacial score (nSPS) is 22.6. The molecule has 0 aromatic rings. The van der Waals surface area contributed by atoms with Crippen LogP contribution in [0, 0.1) is 0 Å². The Morgan fingerprint density at radius 1 is 1.31 bits per heavy atom. The maximum atomic E-state index is 11.6. The van der Waals surface area contributed by atoms with Crippen LogP contribution in [0.3, 0.4) is 0 Å². The first-order valence-corrected chi connectivity index (χ1v) is 7.61. The Balaban J connectivity index is 2.36. The lowest BCUT2D eigenvalue weighted by Gasteiger charge is -2.35. The molecule has 1 rings (SSSR count). The molecule has 0 atom stereocenters. The molecular weight excluding hydrogens is 226 g/mol. The van der Waals surface area contributed by atoms with Crippen LogP contribution >= 0.6 is 0 Å². The Labute approximate surface area is 98.6 Å². The summed E-state index contributed by atoms with van der Waals surface area (Å²) in [5, 5.41) is 9.47. The highest BCUT2D eigenvalue weighted by Crippen LogP contribution is 2.20. The van der Waals surface area contributed by atoms with Gasteiger partial charge in [-0.1, -0.05) is 0 Å². The van der Waals surface area contributed by atoms with E-state index in [0.29, 0.717) is 6.54 Å². The second kappa shape index (κ2) is 5.02. The Bertz CT molecular complexity index is 312. The molecule has 4 nitrogen and oxygen atoms in total. The molecule has 0 bridgehead atoms. The van der Waals surface area contributed by atoms with Crippen LogP contribution in [-0.2, 0) is 9.84 Å². The predicted octanol–water partition coefficient (Wildman–Crippen LogP) is 0.656. The van der Waals surface area contributed by atoms with Gasteiger partial charge in [-0.25, -0.2) is 8.42 Å². The van der Waals surface area contributed by atoms with E-state index in [-0.39, 0.29) is 11.0 Å². The Kier molecular flexibility index (Phi) is 4.37. The molecule has 1 saturated heterocycles. The van der Waals surface area contributed by atoms with Gasteiger partial charge in [-0.15, -0.1) is 0 Å². The van der Waals surface area contributed by atoms with Gasteiger partial charge in [0.15, 0.2) is 9.84 Å². The third-order valence-electron chi connectivity index (χ3n) is 3.34. The number of nitrogens with zero attached hydrogens (tertiary/aromatic N) is 1. The van der Waals surface area contributed by atoms with Crippen molar-refractivity contribution in [3.8, 4) is 0 Å². The van der Waals surface area contributed by atoms with Gasteiger partial charge < -0.3 is 10.0 Å². The van der Waals surface area contributed by atoms with Crippen LogP contribution in [0.2, 0.25) is 0 Å². The van der Waals surface area contributed by atoms with Gasteiger partial charge in [0.05, 0.1) is 16.6 Å². The van der Waals surface area contributed by atoms with Crippen molar-refractivity contribution in [2.75, 3.05) is 25.4 Å². The number of piperidine rings is 1. The molecule has 1 aliphatic rings. The van der Waals surface area contributed by atoms with E-state index < -0.39 is 15.4 Å². The van der Waals surface area contributed by atoms with Crippen LogP contribution in [0.25, 0.3) is 0 Å². The van der Waals surface area contributed by atoms with Gasteiger partial charge in [0, 0.05) is 19.6 Å². The number of sulfone groups is 1. The van der Waals surface area contributed by atoms with Gasteiger partial charge in [-0.3, -0.25) is 0 Å². The molecule has 0 saturated carbocycles. The minimum Gasteiger partial charge on any atom is -0.390 e. The third-order valence-corrected chi connectivity index (χ3v) is 5.53. The molecule has 1 N–H and O–H groups in total. The topological polar surface area (TPSA) is 57.6 Å². The van der Waals surface area contributed by atoms with Crippen molar-refractivity contribution < 1.29 is 13.5 Å². The number of aliphatic hydroxyl groups is 1. The summed E-state index contributed by atoms with van der Waals surface area (Å²) in [4.78, 5) is 2.12. The van der Waals surface area contributed by atoms with Gasteiger partial charge in [0.2, 0.25) is 0 Å². The lowest BCUT2D eigenvalue weighted by atomic mass is 9.94. The van der Waals surface area contributed by atoms with E-state index in [1.54, 1.807) is 13.8 Å². The van der Waals surface area contributed by atoms with Crippen LogP contribution in [0.15, 0.2) is 0 Å². The maximum Gasteiger partial charge on any atom is 0.153 e. The van der Waals surface area contributed by atoms with E-state index in [0.717, 1.165) is 25.9 Å². The smallest absolute Gasteiger partial charge is 0.153 e. The highest BCUT2D eigenvalue weighted by atomic mass is 32.2. The van der Waals surface area contributed by atoms with Crippen molar-refractivity contribution in [1.29, 1.82) is 0 Å². The van der Waals surface area contributed by atoms with Crippen LogP contribution in [0.4, 0.5) is 0 Å². The zero-order chi connectivity index (χ0) is 12.4. The molecule has 0 aromatic carbocycles. The number of likely N-dealkylation sites (tertiary alicyclic amines) is 1. The van der Waals surface area contributed by atoms with E-state index in [1.165, 1.54) is 0 Å². The fraction of sp³-hybridized carbons (Fsp3) is 1.00. The van der Waals surface area contributed by atoms with Crippen molar-refractivity contribution in [3.63, 3.8) is 0 Å². The highest BCUT2D eigenvalue weighted by Gasteiger charge is 2.28. The number of hydrogen-bond acceptors (Lipinski definition) is 4. The zero-order valence-corrected chi connectivity index (χ0v) is 11.3. The average molecular weight is 249 g/mol. The van der Waals surface area contributed by atoms with Crippen molar-refractivity contribution in [3.05, 3.63) is 0 Å². The van der Waals surface area contributed by atoms with E-state index in [4.69, 9.17) is 0 Å². The van der Waals surface area contributed by atoms with Crippen LogP contribution in [-0.4, -0.2) is 54.7 Å². The highest BCUT2D eigenvalue weighted by molar-refractivity contribution is 7.92. The molecule has 0 unspecified atom stereocenters. The van der Waals surface area contributed by atoms with Gasteiger partial charge in [-0.2, -0.15) is 0 Å². The van der Waals surface area contributed by atoms with Crippen LogP contribution in [0.5, 0.6) is 0 Å². The molecular formula is C11H23NO3S. The summed E-state index contributed by atoms with van der Waals surface area (Å²) in [6.45, 7) is 7.46. The van der Waals surface area contributed by atoms with Crippen molar-refractivity contribution in [2.45, 2.75) is 44.5 Å². The molecule has 16 heavy (non-hydrogen) atoms. The molecule has 5 heteroatoms.